The van der Waals surface area contributed by atoms with Gasteiger partial charge >= 0.3 is 0 Å². The third kappa shape index (κ3) is 4.63. The van der Waals surface area contributed by atoms with Gasteiger partial charge in [0.2, 0.25) is 11.7 Å². The number of hydrogen-bond acceptors (Lipinski definition) is 5. The van der Waals surface area contributed by atoms with Gasteiger partial charge in [-0.1, -0.05) is 48.5 Å². The van der Waals surface area contributed by atoms with Gasteiger partial charge in [-0.25, -0.2) is 0 Å². The second-order valence-electron chi connectivity index (χ2n) is 5.49. The van der Waals surface area contributed by atoms with Crippen LogP contribution in [0.4, 0.5) is 0 Å². The zero-order valence-electron chi connectivity index (χ0n) is 13.9. The molecule has 0 aliphatic carbocycles. The number of para-hydroxylation sites is 1. The van der Waals surface area contributed by atoms with Crippen molar-refractivity contribution in [2.24, 2.45) is 0 Å². The molecule has 0 saturated heterocycles. The second kappa shape index (κ2) is 8.05. The maximum Gasteiger partial charge on any atom is 0.246 e. The molecule has 0 atom stereocenters. The average Bonchev–Trinajstić information content (AvgIpc) is 3.12. The van der Waals surface area contributed by atoms with Crippen molar-refractivity contribution in [2.45, 2.75) is 6.54 Å². The van der Waals surface area contributed by atoms with Crippen molar-refractivity contribution in [3.8, 4) is 17.1 Å². The highest BCUT2D eigenvalue weighted by Crippen LogP contribution is 2.11. The van der Waals surface area contributed by atoms with Gasteiger partial charge in [-0.15, -0.1) is 10.2 Å². The first kappa shape index (κ1) is 16.6. The molecule has 0 aliphatic heterocycles. The van der Waals surface area contributed by atoms with Gasteiger partial charge in [-0.3, -0.25) is 4.79 Å². The molecule has 1 aromatic heterocycles. The summed E-state index contributed by atoms with van der Waals surface area (Å²) in [5, 5.41) is 12.2. The van der Waals surface area contributed by atoms with Crippen LogP contribution in [0.15, 0.2) is 60.7 Å². The minimum Gasteiger partial charge on any atom is -0.492 e. The normalized spacial score (nSPS) is 10.4. The van der Waals surface area contributed by atoms with E-state index in [0.717, 1.165) is 11.3 Å². The lowest BCUT2D eigenvalue weighted by Gasteiger charge is -2.16. The van der Waals surface area contributed by atoms with E-state index in [1.54, 1.807) is 11.9 Å². The predicted octanol–water partition coefficient (Wildman–Crippen LogP) is 1.88. The topological polar surface area (TPSA) is 73.1 Å². The maximum atomic E-state index is 12.2. The van der Waals surface area contributed by atoms with Crippen molar-refractivity contribution in [1.29, 1.82) is 0 Å². The Balaban J connectivity index is 1.49. The van der Waals surface area contributed by atoms with Gasteiger partial charge in [0.25, 0.3) is 0 Å². The predicted molar refractivity (Wildman–Crippen MR) is 92.8 cm³/mol. The summed E-state index contributed by atoms with van der Waals surface area (Å²) >= 11 is 0. The van der Waals surface area contributed by atoms with Crippen LogP contribution in [0.5, 0.6) is 5.75 Å². The fraction of sp³-hybridized carbons (Fsp3) is 0.222. The number of nitrogens with zero attached hydrogens (tertiary/aromatic N) is 5. The number of ether oxygens (including phenoxy) is 1. The fourth-order valence-electron chi connectivity index (χ4n) is 2.20. The maximum absolute atomic E-state index is 12.2. The Morgan fingerprint density at radius 3 is 2.48 bits per heavy atom. The number of rotatable bonds is 7. The number of carbonyl (C=O) groups excluding carboxylic acids is 1. The molecule has 2 aromatic carbocycles. The molecule has 0 fully saturated rings. The Morgan fingerprint density at radius 2 is 1.76 bits per heavy atom. The summed E-state index contributed by atoms with van der Waals surface area (Å²) in [5.41, 5.74) is 0.866. The lowest BCUT2D eigenvalue weighted by molar-refractivity contribution is -0.131. The molecule has 0 bridgehead atoms. The van der Waals surface area contributed by atoms with E-state index in [4.69, 9.17) is 4.74 Å². The molecule has 7 heteroatoms. The molecule has 0 unspecified atom stereocenters. The number of benzene rings is 2. The number of tetrazole rings is 1. The van der Waals surface area contributed by atoms with E-state index < -0.39 is 0 Å². The Hall–Kier alpha value is -3.22. The smallest absolute Gasteiger partial charge is 0.246 e. The highest BCUT2D eigenvalue weighted by molar-refractivity contribution is 5.75. The third-order valence-corrected chi connectivity index (χ3v) is 3.63. The van der Waals surface area contributed by atoms with Crippen molar-refractivity contribution >= 4 is 5.91 Å². The van der Waals surface area contributed by atoms with Gasteiger partial charge in [0.15, 0.2) is 0 Å². The number of hydrogen-bond donors (Lipinski definition) is 0. The lowest BCUT2D eigenvalue weighted by Crippen LogP contribution is -2.34. The standard InChI is InChI=1S/C18H19N5O2/c1-22(12-13-25-16-10-6-3-7-11-16)17(24)14-23-20-18(19-21-23)15-8-4-2-5-9-15/h2-11H,12-14H2,1H3. The first-order valence-corrected chi connectivity index (χ1v) is 7.97. The summed E-state index contributed by atoms with van der Waals surface area (Å²) < 4.78 is 5.59. The number of aromatic nitrogens is 4. The van der Waals surface area contributed by atoms with E-state index in [1.807, 2.05) is 60.7 Å². The van der Waals surface area contributed by atoms with Crippen molar-refractivity contribution in [3.05, 3.63) is 60.7 Å². The molecule has 0 aliphatic rings. The van der Waals surface area contributed by atoms with E-state index >= 15 is 0 Å². The number of amides is 1. The fourth-order valence-corrected chi connectivity index (χ4v) is 2.20. The molecule has 128 valence electrons. The van der Waals surface area contributed by atoms with E-state index in [1.165, 1.54) is 4.80 Å². The average molecular weight is 337 g/mol. The Labute approximate surface area is 145 Å². The SMILES string of the molecule is CN(CCOc1ccccc1)C(=O)Cn1nnc(-c2ccccc2)n1. The van der Waals surface area contributed by atoms with Crippen LogP contribution in [0.1, 0.15) is 0 Å². The first-order valence-electron chi connectivity index (χ1n) is 7.97. The van der Waals surface area contributed by atoms with Crippen molar-refractivity contribution in [1.82, 2.24) is 25.1 Å². The van der Waals surface area contributed by atoms with Gasteiger partial charge < -0.3 is 9.64 Å². The van der Waals surface area contributed by atoms with Crippen LogP contribution in [0.2, 0.25) is 0 Å². The summed E-state index contributed by atoms with van der Waals surface area (Å²) in [5.74, 6) is 1.19. The van der Waals surface area contributed by atoms with Gasteiger partial charge in [0.1, 0.15) is 18.9 Å². The zero-order chi connectivity index (χ0) is 17.5. The Kier molecular flexibility index (Phi) is 5.36. The van der Waals surface area contributed by atoms with Crippen LogP contribution in [0, 0.1) is 0 Å². The van der Waals surface area contributed by atoms with Gasteiger partial charge in [0, 0.05) is 12.6 Å². The minimum atomic E-state index is -0.103. The molecule has 0 radical (unpaired) electrons. The van der Waals surface area contributed by atoms with Crippen molar-refractivity contribution < 1.29 is 9.53 Å². The van der Waals surface area contributed by atoms with E-state index in [9.17, 15) is 4.79 Å². The molecule has 0 N–H and O–H groups in total. The summed E-state index contributed by atoms with van der Waals surface area (Å²) in [4.78, 5) is 15.1. The van der Waals surface area contributed by atoms with Gasteiger partial charge in [-0.2, -0.15) is 4.80 Å². The van der Waals surface area contributed by atoms with Crippen molar-refractivity contribution in [3.63, 3.8) is 0 Å². The van der Waals surface area contributed by atoms with Crippen molar-refractivity contribution in [2.75, 3.05) is 20.2 Å². The molecule has 0 saturated carbocycles. The molecule has 0 spiro atoms. The molecule has 1 heterocycles. The summed E-state index contributed by atoms with van der Waals surface area (Å²) in [7, 11) is 1.73. The van der Waals surface area contributed by atoms with Crippen LogP contribution < -0.4 is 4.74 Å². The third-order valence-electron chi connectivity index (χ3n) is 3.63. The van der Waals surface area contributed by atoms with E-state index in [0.29, 0.717) is 19.0 Å². The van der Waals surface area contributed by atoms with Crippen LogP contribution in [0.3, 0.4) is 0 Å². The van der Waals surface area contributed by atoms with Gasteiger partial charge in [-0.05, 0) is 17.3 Å². The van der Waals surface area contributed by atoms with E-state index in [-0.39, 0.29) is 12.5 Å². The highest BCUT2D eigenvalue weighted by atomic mass is 16.5. The van der Waals surface area contributed by atoms with Crippen LogP contribution in [-0.4, -0.2) is 51.2 Å². The Bertz CT molecular complexity index is 805. The van der Waals surface area contributed by atoms with Gasteiger partial charge in [0.05, 0.1) is 6.54 Å². The molecule has 3 aromatic rings. The molecule has 1 amide bonds. The molecule has 3 rings (SSSR count). The summed E-state index contributed by atoms with van der Waals surface area (Å²) in [6.07, 6.45) is 0. The summed E-state index contributed by atoms with van der Waals surface area (Å²) in [6.45, 7) is 0.946. The Morgan fingerprint density at radius 1 is 1.08 bits per heavy atom. The lowest BCUT2D eigenvalue weighted by atomic mass is 10.2. The first-order chi connectivity index (χ1) is 12.2. The number of likely N-dealkylation sites (N-methyl/N-ethyl adjacent to an activating group) is 1. The molecule has 25 heavy (non-hydrogen) atoms. The van der Waals surface area contributed by atoms with Crippen LogP contribution in [0.25, 0.3) is 11.4 Å². The molecular formula is C18H19N5O2. The minimum absolute atomic E-state index is 0.0433. The summed E-state index contributed by atoms with van der Waals surface area (Å²) in [6, 6.07) is 19.0. The number of carbonyl (C=O) groups is 1. The monoisotopic (exact) mass is 337 g/mol. The molecule has 7 nitrogen and oxygen atoms in total. The second-order valence-corrected chi connectivity index (χ2v) is 5.49. The van der Waals surface area contributed by atoms with Crippen LogP contribution >= 0.6 is 0 Å². The largest absolute Gasteiger partial charge is 0.492 e. The van der Waals surface area contributed by atoms with E-state index in [2.05, 4.69) is 15.4 Å². The molecular weight excluding hydrogens is 318 g/mol. The highest BCUT2D eigenvalue weighted by Gasteiger charge is 2.13. The zero-order valence-corrected chi connectivity index (χ0v) is 13.9. The quantitative estimate of drug-likeness (QED) is 0.658. The van der Waals surface area contributed by atoms with Crippen LogP contribution in [-0.2, 0) is 11.3 Å².